The van der Waals surface area contributed by atoms with Gasteiger partial charge in [-0.25, -0.2) is 4.79 Å². The van der Waals surface area contributed by atoms with Crippen LogP contribution in [0.3, 0.4) is 0 Å². The van der Waals surface area contributed by atoms with Crippen LogP contribution in [-0.2, 0) is 35.1 Å². The van der Waals surface area contributed by atoms with E-state index in [1.54, 1.807) is 31.2 Å². The number of carbonyl (C=O) groups excluding carboxylic acids is 5. The number of ketones is 2. The summed E-state index contributed by atoms with van der Waals surface area (Å²) in [6, 6.07) is 6.54. The number of hydrogen-bond acceptors (Lipinski definition) is 7. The molecule has 3 saturated carbocycles. The molecule has 1 heterocycles. The molecule has 1 unspecified atom stereocenters. The summed E-state index contributed by atoms with van der Waals surface area (Å²) < 4.78 is 5.59. The molecule has 230 valence electrons. The number of amides is 2. The minimum Gasteiger partial charge on any atom is -0.508 e. The van der Waals surface area contributed by atoms with Crippen LogP contribution in [0.4, 0.5) is 0 Å². The van der Waals surface area contributed by atoms with Crippen LogP contribution in [0.1, 0.15) is 84.1 Å². The number of nitrogens with zero attached hydrogens (tertiary/aromatic N) is 1. The lowest BCUT2D eigenvalue weighted by Crippen LogP contribution is -2.69. The Hall–Kier alpha value is -3.29. The maximum Gasteiger partial charge on any atom is 0.332 e. The topological polar surface area (TPSA) is 118 Å². The zero-order valence-electron chi connectivity index (χ0n) is 25.7. The fourth-order valence-corrected chi connectivity index (χ4v) is 10.7. The molecule has 1 aromatic rings. The summed E-state index contributed by atoms with van der Waals surface area (Å²) in [7, 11) is 1.31. The lowest BCUT2D eigenvalue weighted by atomic mass is 9.41. The van der Waals surface area contributed by atoms with Crippen molar-refractivity contribution in [2.45, 2.75) is 90.5 Å². The van der Waals surface area contributed by atoms with Crippen molar-refractivity contribution in [3.05, 3.63) is 41.5 Å². The number of phenols is 1. The molecule has 1 N–H and O–H groups in total. The number of rotatable bonds is 6. The van der Waals surface area contributed by atoms with E-state index in [2.05, 4.69) is 13.8 Å². The molecule has 4 aliphatic carbocycles. The maximum atomic E-state index is 14.5. The van der Waals surface area contributed by atoms with Crippen molar-refractivity contribution in [1.29, 1.82) is 0 Å². The molecule has 8 nitrogen and oxygen atoms in total. The first kappa shape index (κ1) is 29.8. The number of imide groups is 1. The van der Waals surface area contributed by atoms with E-state index in [1.807, 2.05) is 6.08 Å². The van der Waals surface area contributed by atoms with Gasteiger partial charge in [0.05, 0.1) is 7.11 Å². The molecular formula is C35H43NO7. The van der Waals surface area contributed by atoms with E-state index in [-0.39, 0.29) is 72.1 Å². The van der Waals surface area contributed by atoms with Gasteiger partial charge in [-0.2, -0.15) is 0 Å². The van der Waals surface area contributed by atoms with Gasteiger partial charge in [0.1, 0.15) is 11.5 Å². The smallest absolute Gasteiger partial charge is 0.332 e. The third-order valence-electron chi connectivity index (χ3n) is 12.4. The van der Waals surface area contributed by atoms with Crippen LogP contribution in [0.25, 0.3) is 0 Å². The monoisotopic (exact) mass is 589 g/mol. The molecule has 1 aromatic carbocycles. The zero-order chi connectivity index (χ0) is 30.9. The second kappa shape index (κ2) is 10.4. The molecule has 0 spiro atoms. The molecule has 5 aliphatic rings. The highest BCUT2D eigenvalue weighted by Gasteiger charge is 2.70. The molecule has 0 radical (unpaired) electrons. The Bertz CT molecular complexity index is 1400. The maximum absolute atomic E-state index is 14.5. The van der Waals surface area contributed by atoms with Gasteiger partial charge in [0.25, 0.3) is 0 Å². The molecule has 2 amide bonds. The summed E-state index contributed by atoms with van der Waals surface area (Å²) in [6.07, 6.45) is 6.80. The molecule has 6 rings (SSSR count). The second-order valence-corrected chi connectivity index (χ2v) is 14.3. The molecule has 0 aromatic heterocycles. The average molecular weight is 590 g/mol. The Morgan fingerprint density at radius 1 is 1.00 bits per heavy atom. The number of hydrogen-bond donors (Lipinski definition) is 1. The molecule has 43 heavy (non-hydrogen) atoms. The minimum atomic E-state index is -1.65. The SMILES string of the molecule is COC(=O)[C@](Cc1ccc(O)cc1)(C1C[C@]2(C)[C@@H](C(C)=O)CC[C@H]2[C@@H]2CCC3=CC(=O)CC[C@]3(C)[C@@H]12)N1C(=O)CCC1=O. The highest BCUT2D eigenvalue weighted by Crippen LogP contribution is 2.70. The van der Waals surface area contributed by atoms with Crippen molar-refractivity contribution in [3.63, 3.8) is 0 Å². The number of ether oxygens (including phenoxy) is 1. The highest BCUT2D eigenvalue weighted by molar-refractivity contribution is 6.06. The van der Waals surface area contributed by atoms with Crippen LogP contribution < -0.4 is 0 Å². The van der Waals surface area contributed by atoms with E-state index in [9.17, 15) is 29.1 Å². The Morgan fingerprint density at radius 3 is 2.30 bits per heavy atom. The first-order valence-corrected chi connectivity index (χ1v) is 15.8. The minimum absolute atomic E-state index is 0.0286. The summed E-state index contributed by atoms with van der Waals surface area (Å²) in [6.45, 7) is 6.06. The van der Waals surface area contributed by atoms with Gasteiger partial charge in [-0.05, 0) is 104 Å². The van der Waals surface area contributed by atoms with Gasteiger partial charge in [0.15, 0.2) is 11.3 Å². The number of aromatic hydroxyl groups is 1. The highest BCUT2D eigenvalue weighted by atomic mass is 16.5. The standard InChI is InChI=1S/C35H43NO7/c1-20(37)26-11-12-27-25-10-7-22-17-24(39)15-16-33(22,2)31(25)28(19-34(26,27)3)35(32(42)43-4,36-29(40)13-14-30(36)41)18-21-5-8-23(38)9-6-21/h5-6,8-9,17,25-28,31,38H,7,10-16,18-19H2,1-4H3/t25-,26+,27-,28?,31+,33-,34+,35-/m0/s1. The van der Waals surface area contributed by atoms with E-state index in [0.29, 0.717) is 24.8 Å². The normalized spacial score (nSPS) is 36.7. The Labute approximate surface area is 253 Å². The largest absolute Gasteiger partial charge is 0.508 e. The number of fused-ring (bicyclic) bond motifs is 5. The third-order valence-corrected chi connectivity index (χ3v) is 12.4. The summed E-state index contributed by atoms with van der Waals surface area (Å²) in [5.41, 5.74) is -0.673. The molecular weight excluding hydrogens is 546 g/mol. The van der Waals surface area contributed by atoms with Gasteiger partial charge in [0, 0.05) is 31.6 Å². The molecule has 1 saturated heterocycles. The van der Waals surface area contributed by atoms with Gasteiger partial charge in [-0.15, -0.1) is 0 Å². The van der Waals surface area contributed by atoms with Crippen molar-refractivity contribution in [2.24, 2.45) is 40.4 Å². The lowest BCUT2D eigenvalue weighted by molar-refractivity contribution is -0.187. The average Bonchev–Trinajstić information content (AvgIpc) is 3.50. The summed E-state index contributed by atoms with van der Waals surface area (Å²) in [5.74, 6) is -1.44. The van der Waals surface area contributed by atoms with E-state index >= 15 is 0 Å². The Morgan fingerprint density at radius 2 is 1.67 bits per heavy atom. The van der Waals surface area contributed by atoms with Crippen LogP contribution >= 0.6 is 0 Å². The molecule has 8 heteroatoms. The van der Waals surface area contributed by atoms with Crippen molar-refractivity contribution < 1.29 is 33.8 Å². The summed E-state index contributed by atoms with van der Waals surface area (Å²) in [5, 5.41) is 10.0. The number of methoxy groups -OCH3 is 1. The first-order valence-electron chi connectivity index (χ1n) is 15.8. The quantitative estimate of drug-likeness (QED) is 0.368. The predicted molar refractivity (Wildman–Crippen MR) is 157 cm³/mol. The number of benzene rings is 1. The van der Waals surface area contributed by atoms with Gasteiger partial charge >= 0.3 is 5.97 Å². The van der Waals surface area contributed by atoms with Crippen LogP contribution in [0.15, 0.2) is 35.9 Å². The van der Waals surface area contributed by atoms with E-state index in [1.165, 1.54) is 12.0 Å². The molecule has 8 atom stereocenters. The van der Waals surface area contributed by atoms with Gasteiger partial charge < -0.3 is 9.84 Å². The molecule has 0 bridgehead atoms. The lowest BCUT2D eigenvalue weighted by Gasteiger charge is -2.64. The fraction of sp³-hybridized carbons (Fsp3) is 0.629. The van der Waals surface area contributed by atoms with Crippen LogP contribution in [0.2, 0.25) is 0 Å². The molecule has 1 aliphatic heterocycles. The van der Waals surface area contributed by atoms with Crippen LogP contribution in [0, 0.1) is 40.4 Å². The van der Waals surface area contributed by atoms with Gasteiger partial charge in [-0.3, -0.25) is 24.1 Å². The number of allylic oxidation sites excluding steroid dienone is 1. The van der Waals surface area contributed by atoms with Crippen molar-refractivity contribution in [2.75, 3.05) is 7.11 Å². The van der Waals surface area contributed by atoms with Crippen molar-refractivity contribution in [1.82, 2.24) is 4.90 Å². The third kappa shape index (κ3) is 4.33. The van der Waals surface area contributed by atoms with E-state index in [0.717, 1.165) is 31.3 Å². The second-order valence-electron chi connectivity index (χ2n) is 14.3. The van der Waals surface area contributed by atoms with Crippen LogP contribution in [-0.4, -0.2) is 52.0 Å². The van der Waals surface area contributed by atoms with Crippen LogP contribution in [0.5, 0.6) is 5.75 Å². The van der Waals surface area contributed by atoms with Crippen molar-refractivity contribution in [3.8, 4) is 5.75 Å². The number of esters is 1. The number of phenolic OH excluding ortho intramolecular Hbond substituents is 1. The predicted octanol–water partition coefficient (Wildman–Crippen LogP) is 4.96. The Balaban J connectivity index is 1.63. The zero-order valence-corrected chi connectivity index (χ0v) is 25.7. The summed E-state index contributed by atoms with van der Waals surface area (Å²) in [4.78, 5) is 69.0. The van der Waals surface area contributed by atoms with E-state index in [4.69, 9.17) is 4.74 Å². The van der Waals surface area contributed by atoms with Gasteiger partial charge in [0.2, 0.25) is 11.8 Å². The Kier molecular flexibility index (Phi) is 7.21. The number of carbonyl (C=O) groups is 5. The fourth-order valence-electron chi connectivity index (χ4n) is 10.7. The number of likely N-dealkylation sites (tertiary alicyclic amines) is 1. The molecule has 4 fully saturated rings. The number of Topliss-reactive ketones (excluding diaryl/α,β-unsaturated/α-hetero) is 1. The van der Waals surface area contributed by atoms with Crippen molar-refractivity contribution >= 4 is 29.4 Å². The first-order chi connectivity index (χ1) is 20.4. The van der Waals surface area contributed by atoms with E-state index < -0.39 is 28.3 Å². The van der Waals surface area contributed by atoms with Gasteiger partial charge in [-0.1, -0.05) is 31.6 Å². The summed E-state index contributed by atoms with van der Waals surface area (Å²) >= 11 is 0.